The number of ether oxygens (including phenoxy) is 5. The van der Waals surface area contributed by atoms with Crippen LogP contribution in [-0.4, -0.2) is 81.8 Å². The maximum atomic E-state index is 12.2. The Morgan fingerprint density at radius 2 is 1.25 bits per heavy atom. The number of aliphatic hydroxyl groups is 2. The minimum absolute atomic E-state index is 0.00961. The summed E-state index contributed by atoms with van der Waals surface area (Å²) in [6.07, 6.45) is 17.0. The molecule has 9 nitrogen and oxygen atoms in total. The van der Waals surface area contributed by atoms with Crippen molar-refractivity contribution < 1.29 is 43.5 Å². The Hall–Kier alpha value is -1.78. The Balaban J connectivity index is 4.32. The Morgan fingerprint density at radius 1 is 0.694 bits per heavy atom. The van der Waals surface area contributed by atoms with Crippen LogP contribution in [0, 0.1) is 0 Å². The lowest BCUT2D eigenvalue weighted by molar-refractivity contribution is -0.160. The fourth-order valence-electron chi connectivity index (χ4n) is 3.15. The van der Waals surface area contributed by atoms with Crippen molar-refractivity contribution in [3.63, 3.8) is 0 Å². The fraction of sp³-hybridized carbons (Fsp3) is 0.778. The lowest BCUT2D eigenvalue weighted by Gasteiger charge is -2.17. The van der Waals surface area contributed by atoms with Gasteiger partial charge in [-0.25, -0.2) is 9.59 Å². The lowest BCUT2D eigenvalue weighted by atomic mass is 10.1. The molecule has 0 bridgehead atoms. The molecular weight excluding hydrogens is 468 g/mol. The average Bonchev–Trinajstić information content (AvgIpc) is 2.87. The van der Waals surface area contributed by atoms with E-state index in [0.29, 0.717) is 13.2 Å². The zero-order chi connectivity index (χ0) is 26.5. The van der Waals surface area contributed by atoms with Gasteiger partial charge in [-0.05, 0) is 38.5 Å². The highest BCUT2D eigenvalue weighted by molar-refractivity contribution is 5.82. The molecule has 1 unspecified atom stereocenters. The third-order valence-electron chi connectivity index (χ3n) is 5.16. The third kappa shape index (κ3) is 25.3. The highest BCUT2D eigenvalue weighted by Gasteiger charge is 2.16. The van der Waals surface area contributed by atoms with E-state index in [1.807, 2.05) is 0 Å². The van der Waals surface area contributed by atoms with Gasteiger partial charge in [-0.3, -0.25) is 0 Å². The molecule has 0 spiro atoms. The Kier molecular flexibility index (Phi) is 26.4. The van der Waals surface area contributed by atoms with E-state index in [1.165, 1.54) is 12.2 Å². The third-order valence-corrected chi connectivity index (χ3v) is 5.16. The van der Waals surface area contributed by atoms with Crippen molar-refractivity contribution in [2.24, 2.45) is 0 Å². The molecule has 0 amide bonds. The summed E-state index contributed by atoms with van der Waals surface area (Å²) < 4.78 is 26.2. The van der Waals surface area contributed by atoms with Crippen molar-refractivity contribution in [1.82, 2.24) is 0 Å². The summed E-state index contributed by atoms with van der Waals surface area (Å²) in [7, 11) is 1.58. The molecular formula is C27H48O9. The minimum atomic E-state index is -0.754. The van der Waals surface area contributed by atoms with E-state index in [2.05, 4.69) is 0 Å². The molecule has 210 valence electrons. The predicted molar refractivity (Wildman–Crippen MR) is 137 cm³/mol. The number of hydrogen-bond donors (Lipinski definition) is 2. The molecule has 0 fully saturated rings. The molecule has 36 heavy (non-hydrogen) atoms. The van der Waals surface area contributed by atoms with Gasteiger partial charge in [0.1, 0.15) is 13.4 Å². The number of rotatable bonds is 26. The lowest BCUT2D eigenvalue weighted by Crippen LogP contribution is -2.29. The van der Waals surface area contributed by atoms with Crippen molar-refractivity contribution in [3.05, 3.63) is 24.3 Å². The first-order valence-corrected chi connectivity index (χ1v) is 13.2. The normalized spacial score (nSPS) is 12.4. The highest BCUT2D eigenvalue weighted by atomic mass is 16.7. The average molecular weight is 517 g/mol. The summed E-state index contributed by atoms with van der Waals surface area (Å²) in [5.74, 6) is -1.01. The molecule has 2 N–H and O–H groups in total. The largest absolute Gasteiger partial charge is 0.458 e. The van der Waals surface area contributed by atoms with Crippen LogP contribution in [0.1, 0.15) is 77.0 Å². The molecule has 0 aliphatic carbocycles. The molecule has 0 aromatic heterocycles. The van der Waals surface area contributed by atoms with Crippen molar-refractivity contribution >= 4 is 11.9 Å². The number of carbonyl (C=O) groups is 2. The molecule has 0 aromatic carbocycles. The zero-order valence-electron chi connectivity index (χ0n) is 22.1. The summed E-state index contributed by atoms with van der Waals surface area (Å²) in [6, 6.07) is 0. The van der Waals surface area contributed by atoms with Crippen LogP contribution in [0.3, 0.4) is 0 Å². The SMILES string of the molecule is COCCOCOCC(COC(=O)C=CCCCCCCCO)OC(=O)C=CCCCCCCCO. The summed E-state index contributed by atoms with van der Waals surface area (Å²) in [5, 5.41) is 17.5. The molecule has 0 heterocycles. The number of allylic oxidation sites excluding steroid dienone is 2. The van der Waals surface area contributed by atoms with Gasteiger partial charge in [-0.1, -0.05) is 50.7 Å². The van der Waals surface area contributed by atoms with E-state index in [0.717, 1.165) is 77.0 Å². The van der Waals surface area contributed by atoms with Gasteiger partial charge in [0.2, 0.25) is 0 Å². The topological polar surface area (TPSA) is 121 Å². The van der Waals surface area contributed by atoms with Crippen LogP contribution < -0.4 is 0 Å². The van der Waals surface area contributed by atoms with Crippen molar-refractivity contribution in [1.29, 1.82) is 0 Å². The smallest absolute Gasteiger partial charge is 0.330 e. The molecule has 0 aromatic rings. The zero-order valence-corrected chi connectivity index (χ0v) is 22.1. The molecule has 9 heteroatoms. The van der Waals surface area contributed by atoms with E-state index in [4.69, 9.17) is 33.9 Å². The molecule has 0 radical (unpaired) electrons. The van der Waals surface area contributed by atoms with E-state index in [-0.39, 0.29) is 33.2 Å². The van der Waals surface area contributed by atoms with Crippen molar-refractivity contribution in [3.8, 4) is 0 Å². The van der Waals surface area contributed by atoms with E-state index in [1.54, 1.807) is 19.3 Å². The van der Waals surface area contributed by atoms with Crippen LogP contribution in [0.15, 0.2) is 24.3 Å². The minimum Gasteiger partial charge on any atom is -0.458 e. The van der Waals surface area contributed by atoms with Gasteiger partial charge >= 0.3 is 11.9 Å². The van der Waals surface area contributed by atoms with Gasteiger partial charge < -0.3 is 33.9 Å². The molecule has 0 saturated heterocycles. The van der Waals surface area contributed by atoms with Gasteiger partial charge in [0.15, 0.2) is 6.10 Å². The second-order valence-electron chi connectivity index (χ2n) is 8.44. The molecule has 0 aliphatic heterocycles. The van der Waals surface area contributed by atoms with Gasteiger partial charge in [0.05, 0.1) is 19.8 Å². The molecule has 1 atom stereocenters. The van der Waals surface area contributed by atoms with Crippen LogP contribution in [0.5, 0.6) is 0 Å². The highest BCUT2D eigenvalue weighted by Crippen LogP contribution is 2.07. The standard InChI is InChI=1S/C27H48O9/c1-32-20-21-33-24-34-22-25(36-27(31)17-13-9-5-3-7-11-15-19-29)23-35-26(30)16-12-8-4-2-6-10-14-18-28/h12-13,16-17,25,28-29H,2-11,14-15,18-24H2,1H3. The first-order chi connectivity index (χ1) is 17.6. The fourth-order valence-corrected chi connectivity index (χ4v) is 3.15. The van der Waals surface area contributed by atoms with E-state index >= 15 is 0 Å². The molecule has 0 aliphatic rings. The molecule has 0 saturated carbocycles. The maximum Gasteiger partial charge on any atom is 0.330 e. The van der Waals surface area contributed by atoms with Crippen molar-refractivity contribution in [2.75, 3.05) is 53.5 Å². The van der Waals surface area contributed by atoms with Crippen LogP contribution in [-0.2, 0) is 33.3 Å². The Morgan fingerprint density at radius 3 is 1.83 bits per heavy atom. The number of esters is 2. The van der Waals surface area contributed by atoms with Gasteiger partial charge in [0, 0.05) is 32.5 Å². The summed E-state index contributed by atoms with van der Waals surface area (Å²) in [4.78, 5) is 24.2. The van der Waals surface area contributed by atoms with Crippen LogP contribution >= 0.6 is 0 Å². The van der Waals surface area contributed by atoms with Crippen molar-refractivity contribution in [2.45, 2.75) is 83.2 Å². The summed E-state index contributed by atoms with van der Waals surface area (Å²) >= 11 is 0. The number of hydrogen-bond acceptors (Lipinski definition) is 9. The van der Waals surface area contributed by atoms with Crippen LogP contribution in [0.4, 0.5) is 0 Å². The van der Waals surface area contributed by atoms with Crippen LogP contribution in [0.25, 0.3) is 0 Å². The number of unbranched alkanes of at least 4 members (excludes halogenated alkanes) is 10. The Bertz CT molecular complexity index is 563. The molecule has 0 rings (SSSR count). The first kappa shape index (κ1) is 34.2. The second kappa shape index (κ2) is 27.8. The number of carbonyl (C=O) groups excluding carboxylic acids is 2. The van der Waals surface area contributed by atoms with E-state index in [9.17, 15) is 9.59 Å². The quantitative estimate of drug-likeness (QED) is 0.0764. The number of aliphatic hydroxyl groups excluding tert-OH is 2. The predicted octanol–water partition coefficient (Wildman–Crippen LogP) is 3.86. The van der Waals surface area contributed by atoms with E-state index < -0.39 is 18.0 Å². The maximum absolute atomic E-state index is 12.2. The van der Waals surface area contributed by atoms with Gasteiger partial charge in [-0.15, -0.1) is 0 Å². The monoisotopic (exact) mass is 516 g/mol. The van der Waals surface area contributed by atoms with Crippen LogP contribution in [0.2, 0.25) is 0 Å². The second-order valence-corrected chi connectivity index (χ2v) is 8.44. The number of methoxy groups -OCH3 is 1. The first-order valence-electron chi connectivity index (χ1n) is 13.2. The van der Waals surface area contributed by atoms with Gasteiger partial charge in [0.25, 0.3) is 0 Å². The summed E-state index contributed by atoms with van der Waals surface area (Å²) in [6.45, 7) is 1.21. The van der Waals surface area contributed by atoms with Gasteiger partial charge in [-0.2, -0.15) is 0 Å². The Labute approximate surface area is 216 Å². The summed E-state index contributed by atoms with van der Waals surface area (Å²) in [5.41, 5.74) is 0.